The SMILES string of the molecule is CCOP(=O)(Cc1ccc(CN(CC)c2cc(Br)nc(N)c2[N+](=O)[O-])cc1)OCC. The summed E-state index contributed by atoms with van der Waals surface area (Å²) in [5.41, 5.74) is 7.71. The number of benzene rings is 1. The Morgan fingerprint density at radius 3 is 2.23 bits per heavy atom. The molecule has 0 saturated heterocycles. The third-order valence-electron chi connectivity index (χ3n) is 4.30. The van der Waals surface area contributed by atoms with Crippen LogP contribution in [0.4, 0.5) is 17.2 Å². The lowest BCUT2D eigenvalue weighted by molar-refractivity contribution is -0.383. The molecule has 0 aliphatic heterocycles. The van der Waals surface area contributed by atoms with E-state index in [9.17, 15) is 14.7 Å². The smallest absolute Gasteiger partial charge is 0.335 e. The number of pyridine rings is 1. The second-order valence-electron chi connectivity index (χ2n) is 6.39. The Morgan fingerprint density at radius 1 is 1.17 bits per heavy atom. The predicted octanol–water partition coefficient (Wildman–Crippen LogP) is 5.13. The van der Waals surface area contributed by atoms with Gasteiger partial charge in [0, 0.05) is 19.2 Å². The first-order valence-electron chi connectivity index (χ1n) is 9.54. The molecule has 30 heavy (non-hydrogen) atoms. The lowest BCUT2D eigenvalue weighted by atomic mass is 10.1. The van der Waals surface area contributed by atoms with Gasteiger partial charge in [-0.2, -0.15) is 0 Å². The summed E-state index contributed by atoms with van der Waals surface area (Å²) in [7, 11) is -3.18. The summed E-state index contributed by atoms with van der Waals surface area (Å²) in [5, 5.41) is 11.5. The van der Waals surface area contributed by atoms with Gasteiger partial charge in [-0.05, 0) is 47.8 Å². The van der Waals surface area contributed by atoms with Gasteiger partial charge in [-0.3, -0.25) is 14.7 Å². The van der Waals surface area contributed by atoms with E-state index in [0.29, 0.717) is 36.6 Å². The fraction of sp³-hybridized carbons (Fsp3) is 0.421. The Kier molecular flexibility index (Phi) is 8.78. The lowest BCUT2D eigenvalue weighted by Crippen LogP contribution is -2.23. The first kappa shape index (κ1) is 24.3. The number of aromatic nitrogens is 1. The van der Waals surface area contributed by atoms with E-state index in [2.05, 4.69) is 20.9 Å². The molecule has 1 aromatic heterocycles. The summed E-state index contributed by atoms with van der Waals surface area (Å²) >= 11 is 3.25. The van der Waals surface area contributed by atoms with E-state index in [1.54, 1.807) is 19.9 Å². The van der Waals surface area contributed by atoms with E-state index < -0.39 is 12.5 Å². The number of hydrogen-bond donors (Lipinski definition) is 1. The maximum absolute atomic E-state index is 12.7. The highest BCUT2D eigenvalue weighted by atomic mass is 79.9. The van der Waals surface area contributed by atoms with Gasteiger partial charge < -0.3 is 19.7 Å². The molecule has 0 unspecified atom stereocenters. The summed E-state index contributed by atoms with van der Waals surface area (Å²) in [6.45, 7) is 7.04. The van der Waals surface area contributed by atoms with Crippen LogP contribution in [0.25, 0.3) is 0 Å². The number of rotatable bonds is 11. The molecule has 0 atom stereocenters. The Bertz CT molecular complexity index is 916. The molecule has 2 aromatic rings. The van der Waals surface area contributed by atoms with E-state index in [1.165, 1.54) is 0 Å². The normalized spacial score (nSPS) is 11.5. The van der Waals surface area contributed by atoms with Gasteiger partial charge in [0.2, 0.25) is 5.82 Å². The average Bonchev–Trinajstić information content (AvgIpc) is 2.66. The Hall–Kier alpha value is -2.00. The minimum Gasteiger partial charge on any atom is -0.378 e. The van der Waals surface area contributed by atoms with Crippen molar-refractivity contribution in [1.29, 1.82) is 0 Å². The quantitative estimate of drug-likeness (QED) is 0.195. The Labute approximate surface area is 184 Å². The molecule has 2 rings (SSSR count). The molecule has 2 N–H and O–H groups in total. The van der Waals surface area contributed by atoms with Crippen molar-refractivity contribution in [3.05, 3.63) is 56.2 Å². The molecular formula is C19H26BrN4O5P. The molecule has 11 heteroatoms. The number of nitro groups is 1. The van der Waals surface area contributed by atoms with Gasteiger partial charge in [0.1, 0.15) is 10.3 Å². The van der Waals surface area contributed by atoms with Crippen molar-refractivity contribution in [3.63, 3.8) is 0 Å². The molecule has 0 bridgehead atoms. The first-order valence-corrected chi connectivity index (χ1v) is 12.1. The number of anilines is 2. The van der Waals surface area contributed by atoms with E-state index >= 15 is 0 Å². The molecule has 1 heterocycles. The Morgan fingerprint density at radius 2 is 1.73 bits per heavy atom. The number of nitrogens with zero attached hydrogens (tertiary/aromatic N) is 3. The van der Waals surface area contributed by atoms with Crippen molar-refractivity contribution >= 4 is 40.7 Å². The van der Waals surface area contributed by atoms with Crippen LogP contribution in [0, 0.1) is 10.1 Å². The van der Waals surface area contributed by atoms with Gasteiger partial charge in [0.15, 0.2) is 0 Å². The maximum Gasteiger partial charge on any atom is 0.335 e. The fourth-order valence-electron chi connectivity index (χ4n) is 3.02. The highest BCUT2D eigenvalue weighted by Gasteiger charge is 2.26. The molecule has 0 spiro atoms. The monoisotopic (exact) mass is 500 g/mol. The molecule has 1 aromatic carbocycles. The first-order chi connectivity index (χ1) is 14.2. The van der Waals surface area contributed by atoms with E-state index in [0.717, 1.165) is 11.1 Å². The van der Waals surface area contributed by atoms with E-state index in [1.807, 2.05) is 36.1 Å². The van der Waals surface area contributed by atoms with Crippen LogP contribution < -0.4 is 10.6 Å². The summed E-state index contributed by atoms with van der Waals surface area (Å²) in [4.78, 5) is 16.8. The highest BCUT2D eigenvalue weighted by molar-refractivity contribution is 9.10. The van der Waals surface area contributed by atoms with E-state index in [-0.39, 0.29) is 17.7 Å². The summed E-state index contributed by atoms with van der Waals surface area (Å²) in [5.74, 6) is -0.138. The molecule has 0 fully saturated rings. The summed E-state index contributed by atoms with van der Waals surface area (Å²) in [6.07, 6.45) is 0.186. The largest absolute Gasteiger partial charge is 0.378 e. The molecule has 0 aliphatic carbocycles. The van der Waals surface area contributed by atoms with Crippen LogP contribution >= 0.6 is 23.5 Å². The minimum absolute atomic E-state index is 0.138. The molecule has 0 radical (unpaired) electrons. The van der Waals surface area contributed by atoms with Gasteiger partial charge >= 0.3 is 13.3 Å². The van der Waals surface area contributed by atoms with E-state index in [4.69, 9.17) is 14.8 Å². The number of halogens is 1. The van der Waals surface area contributed by atoms with Gasteiger partial charge in [0.25, 0.3) is 0 Å². The minimum atomic E-state index is -3.18. The van der Waals surface area contributed by atoms with Crippen LogP contribution in [0.3, 0.4) is 0 Å². The number of nitrogen functional groups attached to an aromatic ring is 1. The zero-order valence-electron chi connectivity index (χ0n) is 17.2. The van der Waals surface area contributed by atoms with Gasteiger partial charge in [0.05, 0.1) is 24.3 Å². The topological polar surface area (TPSA) is 121 Å². The van der Waals surface area contributed by atoms with Gasteiger partial charge in [-0.1, -0.05) is 24.3 Å². The number of nitrogens with two attached hydrogens (primary N) is 1. The standard InChI is InChI=1S/C19H26BrN4O5P/c1-4-23(16-11-17(20)22-19(21)18(16)24(25)26)12-14-7-9-15(10-8-14)13-30(27,28-5-2)29-6-3/h7-11H,4-6,12-13H2,1-3H3,(H2,21,22). The molecule has 0 aliphatic rings. The Balaban J connectivity index is 2.24. The van der Waals surface area contributed by atoms with Crippen molar-refractivity contribution in [1.82, 2.24) is 4.98 Å². The van der Waals surface area contributed by atoms with Crippen molar-refractivity contribution in [3.8, 4) is 0 Å². The highest BCUT2D eigenvalue weighted by Crippen LogP contribution is 2.51. The van der Waals surface area contributed by atoms with Crippen molar-refractivity contribution < 1.29 is 18.5 Å². The lowest BCUT2D eigenvalue weighted by Gasteiger charge is -2.23. The molecule has 0 saturated carbocycles. The summed E-state index contributed by atoms with van der Waals surface area (Å²) < 4.78 is 23.8. The van der Waals surface area contributed by atoms with Crippen LogP contribution in [0.15, 0.2) is 34.9 Å². The summed E-state index contributed by atoms with van der Waals surface area (Å²) in [6, 6.07) is 9.10. The third-order valence-corrected chi connectivity index (χ3v) is 6.76. The second kappa shape index (κ2) is 10.9. The fourth-order valence-corrected chi connectivity index (χ4v) is 5.13. The van der Waals surface area contributed by atoms with Crippen molar-refractivity contribution in [2.45, 2.75) is 33.5 Å². The zero-order valence-corrected chi connectivity index (χ0v) is 19.7. The molecule has 9 nitrogen and oxygen atoms in total. The zero-order chi connectivity index (χ0) is 22.3. The average molecular weight is 501 g/mol. The maximum atomic E-state index is 12.7. The second-order valence-corrected chi connectivity index (χ2v) is 9.26. The van der Waals surface area contributed by atoms with Crippen LogP contribution in [0.1, 0.15) is 31.9 Å². The predicted molar refractivity (Wildman–Crippen MR) is 121 cm³/mol. The third kappa shape index (κ3) is 6.25. The van der Waals surface area contributed by atoms with Crippen molar-refractivity contribution in [2.24, 2.45) is 0 Å². The van der Waals surface area contributed by atoms with Crippen LogP contribution in [-0.2, 0) is 26.3 Å². The van der Waals surface area contributed by atoms with Gasteiger partial charge in [-0.25, -0.2) is 4.98 Å². The van der Waals surface area contributed by atoms with Crippen LogP contribution in [0.5, 0.6) is 0 Å². The molecule has 0 amide bonds. The molecule has 164 valence electrons. The number of hydrogen-bond acceptors (Lipinski definition) is 8. The van der Waals surface area contributed by atoms with Gasteiger partial charge in [-0.15, -0.1) is 0 Å². The van der Waals surface area contributed by atoms with Crippen LogP contribution in [-0.4, -0.2) is 29.7 Å². The van der Waals surface area contributed by atoms with Crippen molar-refractivity contribution in [2.75, 3.05) is 30.4 Å². The molecular weight excluding hydrogens is 475 g/mol. The van der Waals surface area contributed by atoms with Crippen LogP contribution in [0.2, 0.25) is 0 Å².